The number of pyridine rings is 1. The number of allylic oxidation sites excluding steroid dienone is 2. The summed E-state index contributed by atoms with van der Waals surface area (Å²) in [6.45, 7) is 6.90. The van der Waals surface area contributed by atoms with Gasteiger partial charge < -0.3 is 19.7 Å². The molecule has 6 heteroatoms. The summed E-state index contributed by atoms with van der Waals surface area (Å²) in [5, 5.41) is 5.89. The van der Waals surface area contributed by atoms with Crippen molar-refractivity contribution in [3.05, 3.63) is 69.4 Å². The normalized spacial score (nSPS) is 22.3. The van der Waals surface area contributed by atoms with E-state index in [4.69, 9.17) is 26.1 Å². The highest BCUT2D eigenvalue weighted by Crippen LogP contribution is 2.46. The number of hydrogen-bond acceptors (Lipinski definition) is 5. The van der Waals surface area contributed by atoms with Crippen molar-refractivity contribution in [2.24, 2.45) is 17.8 Å². The molecule has 43 heavy (non-hydrogen) atoms. The Balaban J connectivity index is 0.923. The van der Waals surface area contributed by atoms with Crippen molar-refractivity contribution in [1.29, 1.82) is 0 Å². The van der Waals surface area contributed by atoms with Gasteiger partial charge in [-0.25, -0.2) is 0 Å². The summed E-state index contributed by atoms with van der Waals surface area (Å²) in [7, 11) is 3.46. The maximum Gasteiger partial charge on any atom is 0.161 e. The zero-order chi connectivity index (χ0) is 29.5. The maximum atomic E-state index is 6.41. The second-order valence-electron chi connectivity index (χ2n) is 13.7. The third kappa shape index (κ3) is 6.00. The summed E-state index contributed by atoms with van der Waals surface area (Å²) in [6, 6.07) is 10.6. The lowest BCUT2D eigenvalue weighted by atomic mass is 9.72. The van der Waals surface area contributed by atoms with Crippen LogP contribution in [0.1, 0.15) is 73.8 Å². The number of aromatic nitrogens is 1. The van der Waals surface area contributed by atoms with Crippen LogP contribution >= 0.6 is 11.6 Å². The number of fused-ring (bicyclic) bond motifs is 6. The molecule has 0 unspecified atom stereocenters. The second-order valence-corrected chi connectivity index (χ2v) is 14.1. The quantitative estimate of drug-likeness (QED) is 0.198. The van der Waals surface area contributed by atoms with Gasteiger partial charge in [-0.1, -0.05) is 23.3 Å². The van der Waals surface area contributed by atoms with Crippen LogP contribution in [-0.4, -0.2) is 50.3 Å². The van der Waals surface area contributed by atoms with E-state index in [0.29, 0.717) is 11.8 Å². The monoisotopic (exact) mass is 599 g/mol. The van der Waals surface area contributed by atoms with E-state index in [0.717, 1.165) is 59.7 Å². The van der Waals surface area contributed by atoms with Crippen LogP contribution in [-0.2, 0) is 19.3 Å². The smallest absolute Gasteiger partial charge is 0.161 e. The summed E-state index contributed by atoms with van der Waals surface area (Å²) in [5.74, 6) is 4.50. The molecule has 4 aliphatic rings. The molecule has 1 saturated heterocycles. The summed E-state index contributed by atoms with van der Waals surface area (Å²) in [6.07, 6.45) is 13.5. The van der Waals surface area contributed by atoms with E-state index in [1.54, 1.807) is 14.2 Å². The van der Waals surface area contributed by atoms with Crippen LogP contribution in [0, 0.1) is 17.8 Å². The molecule has 2 atom stereocenters. The number of halogens is 1. The Labute approximate surface area is 262 Å². The van der Waals surface area contributed by atoms with Crippen molar-refractivity contribution in [2.45, 2.75) is 70.6 Å². The molecule has 1 aromatic heterocycles. The van der Waals surface area contributed by atoms with Crippen LogP contribution in [0.2, 0.25) is 5.02 Å². The Morgan fingerprint density at radius 2 is 1.70 bits per heavy atom. The fourth-order valence-corrected chi connectivity index (χ4v) is 8.84. The summed E-state index contributed by atoms with van der Waals surface area (Å²) >= 11 is 6.41. The highest BCUT2D eigenvalue weighted by molar-refractivity contribution is 6.31. The van der Waals surface area contributed by atoms with Gasteiger partial charge in [0.05, 0.1) is 19.7 Å². The van der Waals surface area contributed by atoms with Gasteiger partial charge >= 0.3 is 0 Å². The maximum absolute atomic E-state index is 6.41. The molecule has 1 N–H and O–H groups in total. The summed E-state index contributed by atoms with van der Waals surface area (Å²) in [4.78, 5) is 7.88. The third-order valence-electron chi connectivity index (χ3n) is 10.7. The van der Waals surface area contributed by atoms with Gasteiger partial charge in [0.2, 0.25) is 0 Å². The average Bonchev–Trinajstić information content (AvgIpc) is 3.40. The van der Waals surface area contributed by atoms with Crippen molar-refractivity contribution >= 4 is 28.2 Å². The minimum Gasteiger partial charge on any atom is -0.493 e. The Morgan fingerprint density at radius 1 is 0.953 bits per heavy atom. The van der Waals surface area contributed by atoms with Crippen molar-refractivity contribution in [2.75, 3.05) is 45.7 Å². The van der Waals surface area contributed by atoms with Crippen molar-refractivity contribution < 1.29 is 9.47 Å². The van der Waals surface area contributed by atoms with Crippen LogP contribution in [0.4, 0.5) is 5.69 Å². The van der Waals surface area contributed by atoms with Crippen LogP contribution in [0.5, 0.6) is 11.5 Å². The minimum absolute atomic E-state index is 0.535. The molecular formula is C37H46ClN3O2. The van der Waals surface area contributed by atoms with E-state index in [-0.39, 0.29) is 0 Å². The highest BCUT2D eigenvalue weighted by atomic mass is 35.5. The topological polar surface area (TPSA) is 46.6 Å². The molecule has 2 bridgehead atoms. The fraction of sp³-hybridized carbons (Fsp3) is 0.541. The van der Waals surface area contributed by atoms with E-state index < -0.39 is 0 Å². The van der Waals surface area contributed by atoms with E-state index in [1.807, 2.05) is 12.1 Å². The minimum atomic E-state index is 0.535. The first-order chi connectivity index (χ1) is 21.0. The first-order valence-electron chi connectivity index (χ1n) is 16.5. The molecule has 0 saturated carbocycles. The van der Waals surface area contributed by atoms with Crippen LogP contribution in [0.25, 0.3) is 10.9 Å². The van der Waals surface area contributed by atoms with Gasteiger partial charge in [0.25, 0.3) is 0 Å². The molecule has 2 heterocycles. The van der Waals surface area contributed by atoms with Gasteiger partial charge in [-0.3, -0.25) is 4.98 Å². The number of benzene rings is 2. The van der Waals surface area contributed by atoms with Crippen LogP contribution < -0.4 is 14.8 Å². The van der Waals surface area contributed by atoms with Crippen molar-refractivity contribution in [3.63, 3.8) is 0 Å². The Morgan fingerprint density at radius 3 is 2.42 bits per heavy atom. The van der Waals surface area contributed by atoms with Crippen LogP contribution in [0.15, 0.2) is 42.0 Å². The standard InChI is InChI=1S/C37H46ClN3O2/c1-23-13-25-18-29(14-23)36-32(19-25)37(31-6-5-30(38)22-33(31)40-36)39-9-4-10-41-11-7-24(8-12-41)15-26-16-27-20-34(42-2)35(43-3)21-28(27)17-26/h5-6,13,20-22,24-26,29H,4,7-12,14-19H2,1-3H3,(H,39,40)/t25-,29+/m1/s1. The van der Waals surface area contributed by atoms with E-state index in [1.165, 1.54) is 97.2 Å². The molecule has 7 rings (SSSR count). The molecule has 228 valence electrons. The lowest BCUT2D eigenvalue weighted by Gasteiger charge is -2.35. The number of rotatable bonds is 9. The highest BCUT2D eigenvalue weighted by Gasteiger charge is 2.33. The van der Waals surface area contributed by atoms with Gasteiger partial charge in [0, 0.05) is 34.3 Å². The number of nitrogens with one attached hydrogen (secondary N) is 1. The Bertz CT molecular complexity index is 1490. The largest absolute Gasteiger partial charge is 0.493 e. The third-order valence-corrected chi connectivity index (χ3v) is 10.9. The first kappa shape index (κ1) is 29.0. The molecule has 2 aromatic carbocycles. The number of methoxy groups -OCH3 is 2. The van der Waals surface area contributed by atoms with Crippen molar-refractivity contribution in [3.8, 4) is 11.5 Å². The lowest BCUT2D eigenvalue weighted by Crippen LogP contribution is -2.35. The average molecular weight is 600 g/mol. The predicted molar refractivity (Wildman–Crippen MR) is 177 cm³/mol. The number of likely N-dealkylation sites (tertiary alicyclic amines) is 1. The van der Waals surface area contributed by atoms with Gasteiger partial charge in [0.1, 0.15) is 0 Å². The molecule has 0 amide bonds. The first-order valence-corrected chi connectivity index (χ1v) is 16.8. The summed E-state index contributed by atoms with van der Waals surface area (Å²) in [5.41, 5.74) is 9.53. The van der Waals surface area contributed by atoms with Crippen molar-refractivity contribution in [1.82, 2.24) is 9.88 Å². The van der Waals surface area contributed by atoms with Gasteiger partial charge in [-0.15, -0.1) is 0 Å². The lowest BCUT2D eigenvalue weighted by molar-refractivity contribution is 0.167. The molecule has 0 spiro atoms. The van der Waals surface area contributed by atoms with E-state index >= 15 is 0 Å². The molecular weight excluding hydrogens is 554 g/mol. The Hall–Kier alpha value is -2.76. The SMILES string of the molecule is COc1cc2c(cc1OC)CC(CC1CCN(CCCNc3c4c(nc5cc(Cl)ccc35)[C@H]3CC(C)=C[C@@H](C4)C3)CC1)C2. The molecule has 1 aliphatic heterocycles. The molecule has 0 radical (unpaired) electrons. The number of piperidine rings is 1. The van der Waals surface area contributed by atoms with Gasteiger partial charge in [-0.2, -0.15) is 0 Å². The molecule has 5 nitrogen and oxygen atoms in total. The zero-order valence-corrected chi connectivity index (χ0v) is 26.8. The van der Waals surface area contributed by atoms with E-state index in [9.17, 15) is 0 Å². The van der Waals surface area contributed by atoms with Gasteiger partial charge in [-0.05, 0) is 149 Å². The molecule has 3 aliphatic carbocycles. The molecule has 1 fully saturated rings. The number of anilines is 1. The van der Waals surface area contributed by atoms with E-state index in [2.05, 4.69) is 41.4 Å². The fourth-order valence-electron chi connectivity index (χ4n) is 8.67. The second kappa shape index (κ2) is 12.3. The Kier molecular flexibility index (Phi) is 8.30. The summed E-state index contributed by atoms with van der Waals surface area (Å²) < 4.78 is 11.1. The predicted octanol–water partition coefficient (Wildman–Crippen LogP) is 8.22. The molecule has 3 aromatic rings. The van der Waals surface area contributed by atoms with Gasteiger partial charge in [0.15, 0.2) is 11.5 Å². The number of ether oxygens (including phenoxy) is 2. The number of hydrogen-bond donors (Lipinski definition) is 1. The zero-order valence-electron chi connectivity index (χ0n) is 26.1. The number of nitrogens with zero attached hydrogens (tertiary/aromatic N) is 2. The van der Waals surface area contributed by atoms with Crippen LogP contribution in [0.3, 0.4) is 0 Å².